The lowest BCUT2D eigenvalue weighted by Crippen LogP contribution is -2.30. The van der Waals surface area contributed by atoms with Crippen LogP contribution < -0.4 is 14.8 Å². The highest BCUT2D eigenvalue weighted by Gasteiger charge is 2.08. The van der Waals surface area contributed by atoms with Gasteiger partial charge in [-0.3, -0.25) is 4.79 Å². The summed E-state index contributed by atoms with van der Waals surface area (Å²) in [6.07, 6.45) is 2.73. The zero-order valence-electron chi connectivity index (χ0n) is 18.5. The van der Waals surface area contributed by atoms with Gasteiger partial charge in [-0.15, -0.1) is 0 Å². The minimum Gasteiger partial charge on any atom is -0.489 e. The maximum atomic E-state index is 12.2. The maximum absolute atomic E-state index is 12.2. The summed E-state index contributed by atoms with van der Waals surface area (Å²) in [7, 11) is 0. The number of aromatic nitrogens is 1. The van der Waals surface area contributed by atoms with Crippen LogP contribution in [0.5, 0.6) is 11.5 Å². The van der Waals surface area contributed by atoms with Crippen molar-refractivity contribution in [2.45, 2.75) is 26.9 Å². The van der Waals surface area contributed by atoms with Crippen LogP contribution in [-0.4, -0.2) is 24.0 Å². The maximum Gasteiger partial charge on any atom is 0.257 e. The molecule has 0 unspecified atom stereocenters. The molecule has 4 rings (SSSR count). The molecule has 5 nitrogen and oxygen atoms in total. The van der Waals surface area contributed by atoms with Crippen molar-refractivity contribution in [2.75, 3.05) is 13.2 Å². The molecule has 0 bridgehead atoms. The second-order valence-electron chi connectivity index (χ2n) is 7.88. The standard InChI is InChI=1S/C27H28N2O3/c1-19-7-6-10-26(20(19)2)32-18-27(30)28-14-13-22-16-29-25-15-23(11-12-24(22)25)31-17-21-8-4-3-5-9-21/h3-12,15-16,29H,13-14,17-18H2,1-2H3,(H,28,30). The Kier molecular flexibility index (Phi) is 6.75. The van der Waals surface area contributed by atoms with Crippen LogP contribution >= 0.6 is 0 Å². The molecule has 0 spiro atoms. The summed E-state index contributed by atoms with van der Waals surface area (Å²) in [5.41, 5.74) is 5.53. The van der Waals surface area contributed by atoms with Crippen molar-refractivity contribution in [2.24, 2.45) is 0 Å². The first-order chi connectivity index (χ1) is 15.6. The molecule has 1 heterocycles. The molecule has 4 aromatic rings. The molecule has 0 atom stereocenters. The molecular formula is C27H28N2O3. The summed E-state index contributed by atoms with van der Waals surface area (Å²) in [6, 6.07) is 22.0. The van der Waals surface area contributed by atoms with Crippen molar-refractivity contribution in [1.29, 1.82) is 0 Å². The van der Waals surface area contributed by atoms with E-state index in [4.69, 9.17) is 9.47 Å². The number of amides is 1. The summed E-state index contributed by atoms with van der Waals surface area (Å²) in [5.74, 6) is 1.45. The Bertz CT molecular complexity index is 1200. The Labute approximate surface area is 188 Å². The predicted molar refractivity (Wildman–Crippen MR) is 127 cm³/mol. The van der Waals surface area contributed by atoms with E-state index < -0.39 is 0 Å². The van der Waals surface area contributed by atoms with Crippen LogP contribution in [0.3, 0.4) is 0 Å². The van der Waals surface area contributed by atoms with Crippen LogP contribution in [0.25, 0.3) is 10.9 Å². The van der Waals surface area contributed by atoms with E-state index in [9.17, 15) is 4.79 Å². The van der Waals surface area contributed by atoms with Gasteiger partial charge in [0.15, 0.2) is 6.61 Å². The van der Waals surface area contributed by atoms with E-state index in [1.54, 1.807) is 0 Å². The lowest BCUT2D eigenvalue weighted by molar-refractivity contribution is -0.123. The molecule has 164 valence electrons. The molecule has 5 heteroatoms. The Balaban J connectivity index is 1.27. The van der Waals surface area contributed by atoms with Gasteiger partial charge < -0.3 is 19.8 Å². The first-order valence-corrected chi connectivity index (χ1v) is 10.8. The van der Waals surface area contributed by atoms with E-state index >= 15 is 0 Å². The third-order valence-corrected chi connectivity index (χ3v) is 5.62. The van der Waals surface area contributed by atoms with Crippen LogP contribution in [0.4, 0.5) is 0 Å². The van der Waals surface area contributed by atoms with E-state index in [1.807, 2.05) is 80.7 Å². The SMILES string of the molecule is Cc1cccc(OCC(=O)NCCc2c[nH]c3cc(OCc4ccccc4)ccc23)c1C. The van der Waals surface area contributed by atoms with Gasteiger partial charge in [0, 0.05) is 29.7 Å². The van der Waals surface area contributed by atoms with E-state index in [0.717, 1.165) is 51.1 Å². The van der Waals surface area contributed by atoms with Crippen molar-refractivity contribution >= 4 is 16.8 Å². The number of ether oxygens (including phenoxy) is 2. The summed E-state index contributed by atoms with van der Waals surface area (Å²) in [5, 5.41) is 4.07. The van der Waals surface area contributed by atoms with Gasteiger partial charge in [0.2, 0.25) is 0 Å². The second-order valence-corrected chi connectivity index (χ2v) is 7.88. The monoisotopic (exact) mass is 428 g/mol. The largest absolute Gasteiger partial charge is 0.489 e. The number of fused-ring (bicyclic) bond motifs is 1. The Morgan fingerprint density at radius 3 is 2.66 bits per heavy atom. The lowest BCUT2D eigenvalue weighted by atomic mass is 10.1. The van der Waals surface area contributed by atoms with Crippen LogP contribution in [-0.2, 0) is 17.8 Å². The summed E-state index contributed by atoms with van der Waals surface area (Å²) < 4.78 is 11.6. The molecule has 0 aliphatic rings. The highest BCUT2D eigenvalue weighted by Crippen LogP contribution is 2.24. The summed E-state index contributed by atoms with van der Waals surface area (Å²) in [4.78, 5) is 15.5. The molecule has 0 saturated heterocycles. The van der Waals surface area contributed by atoms with E-state index in [2.05, 4.69) is 16.4 Å². The van der Waals surface area contributed by atoms with Crippen molar-refractivity contribution in [3.05, 3.63) is 95.2 Å². The first kappa shape index (κ1) is 21.5. The quantitative estimate of drug-likeness (QED) is 0.390. The first-order valence-electron chi connectivity index (χ1n) is 10.8. The fourth-order valence-electron chi connectivity index (χ4n) is 3.61. The number of aromatic amines is 1. The molecule has 0 fully saturated rings. The van der Waals surface area contributed by atoms with Gasteiger partial charge in [0.1, 0.15) is 18.1 Å². The van der Waals surface area contributed by atoms with Crippen molar-refractivity contribution in [1.82, 2.24) is 10.3 Å². The topological polar surface area (TPSA) is 63.3 Å². The van der Waals surface area contributed by atoms with Gasteiger partial charge in [-0.05, 0) is 60.7 Å². The molecule has 3 aromatic carbocycles. The van der Waals surface area contributed by atoms with Gasteiger partial charge in [-0.25, -0.2) is 0 Å². The van der Waals surface area contributed by atoms with Crippen LogP contribution in [0, 0.1) is 13.8 Å². The van der Waals surface area contributed by atoms with Crippen LogP contribution in [0.2, 0.25) is 0 Å². The number of benzene rings is 3. The van der Waals surface area contributed by atoms with Gasteiger partial charge >= 0.3 is 0 Å². The average Bonchev–Trinajstić information content (AvgIpc) is 3.21. The third-order valence-electron chi connectivity index (χ3n) is 5.62. The van der Waals surface area contributed by atoms with Gasteiger partial charge in [0.25, 0.3) is 5.91 Å². The molecule has 0 aliphatic heterocycles. The molecule has 2 N–H and O–H groups in total. The molecule has 1 amide bonds. The highest BCUT2D eigenvalue weighted by molar-refractivity contribution is 5.84. The minimum atomic E-state index is -0.123. The van der Waals surface area contributed by atoms with Crippen molar-refractivity contribution < 1.29 is 14.3 Å². The van der Waals surface area contributed by atoms with Gasteiger partial charge in [0.05, 0.1) is 0 Å². The summed E-state index contributed by atoms with van der Waals surface area (Å²) >= 11 is 0. The van der Waals surface area contributed by atoms with Gasteiger partial charge in [-0.2, -0.15) is 0 Å². The molecule has 0 aliphatic carbocycles. The third kappa shape index (κ3) is 5.30. The minimum absolute atomic E-state index is 0.0142. The number of carbonyl (C=O) groups is 1. The van der Waals surface area contributed by atoms with Crippen LogP contribution in [0.15, 0.2) is 72.9 Å². The molecule has 0 radical (unpaired) electrons. The van der Waals surface area contributed by atoms with E-state index in [1.165, 1.54) is 0 Å². The molecule has 0 saturated carbocycles. The fourth-order valence-corrected chi connectivity index (χ4v) is 3.61. The number of nitrogens with one attached hydrogen (secondary N) is 2. The zero-order valence-corrected chi connectivity index (χ0v) is 18.5. The second kappa shape index (κ2) is 10.1. The van der Waals surface area contributed by atoms with E-state index in [0.29, 0.717) is 13.2 Å². The average molecular weight is 429 g/mol. The Morgan fingerprint density at radius 2 is 1.81 bits per heavy atom. The number of H-pyrrole nitrogens is 1. The fraction of sp³-hybridized carbons (Fsp3) is 0.222. The number of carbonyl (C=O) groups excluding carboxylic acids is 1. The van der Waals surface area contributed by atoms with Crippen LogP contribution in [0.1, 0.15) is 22.3 Å². The highest BCUT2D eigenvalue weighted by atomic mass is 16.5. The van der Waals surface area contributed by atoms with E-state index in [-0.39, 0.29) is 12.5 Å². The molecular weight excluding hydrogens is 400 g/mol. The van der Waals surface area contributed by atoms with Crippen molar-refractivity contribution in [3.63, 3.8) is 0 Å². The summed E-state index contributed by atoms with van der Waals surface area (Å²) in [6.45, 7) is 5.13. The smallest absolute Gasteiger partial charge is 0.257 e. The molecule has 32 heavy (non-hydrogen) atoms. The number of hydrogen-bond donors (Lipinski definition) is 2. The molecule has 1 aromatic heterocycles. The van der Waals surface area contributed by atoms with Crippen molar-refractivity contribution in [3.8, 4) is 11.5 Å². The zero-order chi connectivity index (χ0) is 22.3. The normalized spacial score (nSPS) is 10.8. The van der Waals surface area contributed by atoms with Gasteiger partial charge in [-0.1, -0.05) is 42.5 Å². The number of aryl methyl sites for hydroxylation is 1. The number of hydrogen-bond acceptors (Lipinski definition) is 3. The lowest BCUT2D eigenvalue weighted by Gasteiger charge is -2.11. The Morgan fingerprint density at radius 1 is 0.969 bits per heavy atom. The predicted octanol–water partition coefficient (Wildman–Crippen LogP) is 5.10. The Hall–Kier alpha value is -3.73. The number of rotatable bonds is 9.